The van der Waals surface area contributed by atoms with Gasteiger partial charge in [0.2, 0.25) is 0 Å². The first kappa shape index (κ1) is 28.8. The number of carbonyl (C=O) groups is 3. The van der Waals surface area contributed by atoms with Gasteiger partial charge in [-0.05, 0) is 55.3 Å². The Bertz CT molecular complexity index is 1410. The van der Waals surface area contributed by atoms with Gasteiger partial charge < -0.3 is 20.1 Å². The van der Waals surface area contributed by atoms with Gasteiger partial charge in [0.25, 0.3) is 5.91 Å². The number of halogens is 3. The fourth-order valence-corrected chi connectivity index (χ4v) is 3.85. The second-order valence-electron chi connectivity index (χ2n) is 7.94. The highest BCUT2D eigenvalue weighted by Crippen LogP contribution is 2.36. The fraction of sp³-hybridized carbons (Fsp3) is 0.154. The highest BCUT2D eigenvalue weighted by Gasteiger charge is 2.16. The Hall–Kier alpha value is -3.79. The molecule has 0 saturated carbocycles. The Labute approximate surface area is 234 Å². The predicted molar refractivity (Wildman–Crippen MR) is 149 cm³/mol. The average Bonchev–Trinajstić information content (AvgIpc) is 2.87. The number of benzene rings is 3. The van der Waals surface area contributed by atoms with Crippen molar-refractivity contribution >= 4 is 70.1 Å². The quantitative estimate of drug-likeness (QED) is 0.189. The molecule has 198 valence electrons. The Morgan fingerprint density at radius 1 is 0.921 bits per heavy atom. The van der Waals surface area contributed by atoms with Crippen LogP contribution in [0.4, 0.5) is 11.4 Å². The molecule has 0 heterocycles. The lowest BCUT2D eigenvalue weighted by Gasteiger charge is -2.14. The maximum atomic E-state index is 12.4. The molecule has 9 nitrogen and oxygen atoms in total. The highest BCUT2D eigenvalue weighted by atomic mass is 35.5. The molecule has 3 amide bonds. The minimum absolute atomic E-state index is 0.102. The number of nitrogens with zero attached hydrogens (tertiary/aromatic N) is 1. The molecule has 0 unspecified atom stereocenters. The van der Waals surface area contributed by atoms with E-state index in [1.807, 2.05) is 32.0 Å². The largest absolute Gasteiger partial charge is 0.493 e. The maximum Gasteiger partial charge on any atom is 0.329 e. The van der Waals surface area contributed by atoms with Gasteiger partial charge >= 0.3 is 11.8 Å². The third-order valence-electron chi connectivity index (χ3n) is 5.04. The van der Waals surface area contributed by atoms with Crippen molar-refractivity contribution < 1.29 is 23.9 Å². The van der Waals surface area contributed by atoms with Crippen LogP contribution < -0.4 is 25.5 Å². The van der Waals surface area contributed by atoms with Gasteiger partial charge in [-0.3, -0.25) is 14.4 Å². The number of hydrazone groups is 1. The zero-order valence-electron chi connectivity index (χ0n) is 20.5. The van der Waals surface area contributed by atoms with Crippen molar-refractivity contribution in [3.05, 3.63) is 80.3 Å². The molecule has 3 aromatic carbocycles. The molecule has 0 atom stereocenters. The maximum absolute atomic E-state index is 12.4. The van der Waals surface area contributed by atoms with Gasteiger partial charge in [-0.1, -0.05) is 58.6 Å². The summed E-state index contributed by atoms with van der Waals surface area (Å²) in [5.41, 5.74) is 5.40. The second-order valence-corrected chi connectivity index (χ2v) is 9.14. The summed E-state index contributed by atoms with van der Waals surface area (Å²) in [6.45, 7) is 3.56. The number of nitrogens with one attached hydrogen (secondary N) is 3. The van der Waals surface area contributed by atoms with E-state index in [0.29, 0.717) is 11.3 Å². The summed E-state index contributed by atoms with van der Waals surface area (Å²) in [5.74, 6) is -2.02. The summed E-state index contributed by atoms with van der Waals surface area (Å²) < 4.78 is 10.9. The SMILES string of the molecule is COc1cc(/C=N\NC(=O)C(=O)Nc2cccc(Cl)c2Cl)cc(Cl)c1OCC(=O)Nc1ccc(C)cc1C. The average molecular weight is 578 g/mol. The molecule has 12 heteroatoms. The molecule has 0 aromatic heterocycles. The van der Waals surface area contributed by atoms with Crippen LogP contribution in [0.3, 0.4) is 0 Å². The fourth-order valence-electron chi connectivity index (χ4n) is 3.23. The van der Waals surface area contributed by atoms with Crippen LogP contribution in [0.2, 0.25) is 15.1 Å². The van der Waals surface area contributed by atoms with Crippen molar-refractivity contribution in [2.24, 2.45) is 5.10 Å². The molecule has 0 spiro atoms. The van der Waals surface area contributed by atoms with E-state index in [0.717, 1.165) is 11.1 Å². The van der Waals surface area contributed by atoms with Gasteiger partial charge in [-0.15, -0.1) is 0 Å². The Balaban J connectivity index is 1.60. The lowest BCUT2D eigenvalue weighted by molar-refractivity contribution is -0.136. The zero-order chi connectivity index (χ0) is 27.8. The van der Waals surface area contributed by atoms with E-state index in [-0.39, 0.29) is 44.8 Å². The van der Waals surface area contributed by atoms with Crippen LogP contribution in [-0.4, -0.2) is 37.7 Å². The molecular formula is C26H23Cl3N4O5. The summed E-state index contributed by atoms with van der Waals surface area (Å²) in [6.07, 6.45) is 1.25. The molecule has 3 aromatic rings. The van der Waals surface area contributed by atoms with Crippen LogP contribution >= 0.6 is 34.8 Å². The molecule has 0 saturated heterocycles. The molecular weight excluding hydrogens is 555 g/mol. The standard InChI is InChI=1S/C26H23Cl3N4O5/c1-14-7-8-19(15(2)9-14)31-22(34)13-38-24-18(28)10-16(11-21(24)37-3)12-30-33-26(36)25(35)32-20-6-4-5-17(27)23(20)29/h4-12H,13H2,1-3H3,(H,31,34)(H,32,35)(H,33,36)/b30-12-. The summed E-state index contributed by atoms with van der Waals surface area (Å²) in [6, 6.07) is 13.3. The van der Waals surface area contributed by atoms with E-state index in [4.69, 9.17) is 44.3 Å². The minimum atomic E-state index is -1.04. The lowest BCUT2D eigenvalue weighted by Crippen LogP contribution is -2.32. The number of hydrogen-bond acceptors (Lipinski definition) is 6. The van der Waals surface area contributed by atoms with Crippen molar-refractivity contribution in [1.82, 2.24) is 5.43 Å². The van der Waals surface area contributed by atoms with Gasteiger partial charge in [0.15, 0.2) is 18.1 Å². The van der Waals surface area contributed by atoms with Crippen LogP contribution in [0.15, 0.2) is 53.6 Å². The van der Waals surface area contributed by atoms with Crippen LogP contribution in [0.5, 0.6) is 11.5 Å². The van der Waals surface area contributed by atoms with E-state index in [1.54, 1.807) is 12.1 Å². The summed E-state index contributed by atoms with van der Waals surface area (Å²) >= 11 is 18.2. The topological polar surface area (TPSA) is 118 Å². The van der Waals surface area contributed by atoms with Gasteiger partial charge in [0.1, 0.15) is 0 Å². The Kier molecular flexibility index (Phi) is 9.95. The molecule has 0 fully saturated rings. The lowest BCUT2D eigenvalue weighted by atomic mass is 10.1. The smallest absolute Gasteiger partial charge is 0.329 e. The van der Waals surface area contributed by atoms with Crippen molar-refractivity contribution in [3.63, 3.8) is 0 Å². The summed E-state index contributed by atoms with van der Waals surface area (Å²) in [5, 5.41) is 9.37. The zero-order valence-corrected chi connectivity index (χ0v) is 22.8. The van der Waals surface area contributed by atoms with E-state index < -0.39 is 11.8 Å². The molecule has 0 radical (unpaired) electrons. The minimum Gasteiger partial charge on any atom is -0.493 e. The molecule has 38 heavy (non-hydrogen) atoms. The Morgan fingerprint density at radius 3 is 2.39 bits per heavy atom. The van der Waals surface area contributed by atoms with E-state index in [1.165, 1.54) is 31.5 Å². The van der Waals surface area contributed by atoms with Gasteiger partial charge in [0.05, 0.1) is 34.1 Å². The molecule has 3 N–H and O–H groups in total. The first-order chi connectivity index (χ1) is 18.1. The molecule has 0 aliphatic carbocycles. The third kappa shape index (κ3) is 7.61. The van der Waals surface area contributed by atoms with Crippen molar-refractivity contribution in [2.75, 3.05) is 24.4 Å². The molecule has 0 aliphatic rings. The number of hydrogen-bond donors (Lipinski definition) is 3. The van der Waals surface area contributed by atoms with Crippen LogP contribution in [-0.2, 0) is 14.4 Å². The number of aryl methyl sites for hydroxylation is 2. The number of rotatable bonds is 8. The first-order valence-electron chi connectivity index (χ1n) is 11.0. The summed E-state index contributed by atoms with van der Waals surface area (Å²) in [4.78, 5) is 36.6. The van der Waals surface area contributed by atoms with Crippen molar-refractivity contribution in [1.29, 1.82) is 0 Å². The Morgan fingerprint density at radius 2 is 1.68 bits per heavy atom. The second kappa shape index (κ2) is 13.1. The third-order valence-corrected chi connectivity index (χ3v) is 6.14. The summed E-state index contributed by atoms with van der Waals surface area (Å²) in [7, 11) is 1.41. The van der Waals surface area contributed by atoms with Crippen LogP contribution in [0.1, 0.15) is 16.7 Å². The number of anilines is 2. The normalized spacial score (nSPS) is 10.7. The van der Waals surface area contributed by atoms with E-state index in [2.05, 4.69) is 21.2 Å². The number of carbonyl (C=O) groups excluding carboxylic acids is 3. The number of amides is 3. The van der Waals surface area contributed by atoms with E-state index >= 15 is 0 Å². The van der Waals surface area contributed by atoms with Gasteiger partial charge in [-0.25, -0.2) is 5.43 Å². The van der Waals surface area contributed by atoms with Crippen molar-refractivity contribution in [2.45, 2.75) is 13.8 Å². The molecule has 0 aliphatic heterocycles. The first-order valence-corrected chi connectivity index (χ1v) is 12.2. The number of methoxy groups -OCH3 is 1. The van der Waals surface area contributed by atoms with Crippen molar-refractivity contribution in [3.8, 4) is 11.5 Å². The van der Waals surface area contributed by atoms with E-state index in [9.17, 15) is 14.4 Å². The van der Waals surface area contributed by atoms with Crippen LogP contribution in [0, 0.1) is 13.8 Å². The number of ether oxygens (including phenoxy) is 2. The monoisotopic (exact) mass is 576 g/mol. The van der Waals surface area contributed by atoms with Gasteiger partial charge in [0, 0.05) is 5.69 Å². The predicted octanol–water partition coefficient (Wildman–Crippen LogP) is 5.38. The van der Waals surface area contributed by atoms with Crippen LogP contribution in [0.25, 0.3) is 0 Å². The molecule has 0 bridgehead atoms. The molecule has 3 rings (SSSR count). The highest BCUT2D eigenvalue weighted by molar-refractivity contribution is 6.45. The van der Waals surface area contributed by atoms with Gasteiger partial charge in [-0.2, -0.15) is 5.10 Å².